The maximum absolute atomic E-state index is 9.18. The maximum atomic E-state index is 9.18. The Morgan fingerprint density at radius 3 is 1.55 bits per heavy atom. The molecule has 0 aliphatic carbocycles. The zero-order chi connectivity index (χ0) is 14.3. The van der Waals surface area contributed by atoms with Gasteiger partial charge in [0.1, 0.15) is 0 Å². The van der Waals surface area contributed by atoms with Crippen molar-refractivity contribution < 1.29 is 29.3 Å². The molecule has 0 bridgehead atoms. The summed E-state index contributed by atoms with van der Waals surface area (Å²) in [5.41, 5.74) is 0.880. The first-order chi connectivity index (χ1) is 9.54. The van der Waals surface area contributed by atoms with E-state index >= 15 is 0 Å². The van der Waals surface area contributed by atoms with Gasteiger partial charge in [0.2, 0.25) is 11.8 Å². The van der Waals surface area contributed by atoms with Gasteiger partial charge in [0.05, 0.1) is 0 Å². The van der Waals surface area contributed by atoms with Crippen molar-refractivity contribution in [2.75, 3.05) is 0 Å². The number of oxazole rings is 2. The summed E-state index contributed by atoms with van der Waals surface area (Å²) in [6, 6.07) is 6.41. The molecule has 8 heteroatoms. The molecule has 4 N–H and O–H groups in total. The summed E-state index contributed by atoms with van der Waals surface area (Å²) < 4.78 is 9.73. The molecule has 0 atom stereocenters. The number of aromatic hydroxyl groups is 4. The quantitative estimate of drug-likeness (QED) is 0.557. The highest BCUT2D eigenvalue weighted by Gasteiger charge is 2.16. The zero-order valence-electron chi connectivity index (χ0n) is 9.81. The van der Waals surface area contributed by atoms with Crippen molar-refractivity contribution in [2.24, 2.45) is 0 Å². The number of hydrogen-bond acceptors (Lipinski definition) is 8. The van der Waals surface area contributed by atoms with E-state index in [1.165, 1.54) is 6.07 Å². The van der Waals surface area contributed by atoms with Gasteiger partial charge in [0.15, 0.2) is 0 Å². The molecule has 102 valence electrons. The summed E-state index contributed by atoms with van der Waals surface area (Å²) in [6.07, 6.45) is 0. The van der Waals surface area contributed by atoms with Gasteiger partial charge < -0.3 is 29.3 Å². The molecule has 8 nitrogen and oxygen atoms in total. The third-order valence-electron chi connectivity index (χ3n) is 2.54. The Morgan fingerprint density at radius 2 is 1.20 bits per heavy atom. The molecule has 0 saturated heterocycles. The second-order valence-corrected chi connectivity index (χ2v) is 3.88. The van der Waals surface area contributed by atoms with Crippen LogP contribution in [0.15, 0.2) is 33.1 Å². The number of aromatic nitrogens is 2. The molecule has 0 fully saturated rings. The van der Waals surface area contributed by atoms with E-state index in [0.29, 0.717) is 11.1 Å². The first-order valence-corrected chi connectivity index (χ1v) is 5.43. The summed E-state index contributed by atoms with van der Waals surface area (Å²) in [6.45, 7) is 0. The van der Waals surface area contributed by atoms with Gasteiger partial charge in [0.25, 0.3) is 11.8 Å². The average Bonchev–Trinajstić information content (AvgIpc) is 2.94. The van der Waals surface area contributed by atoms with Gasteiger partial charge in [-0.25, -0.2) is 0 Å². The molecule has 0 aliphatic rings. The van der Waals surface area contributed by atoms with Gasteiger partial charge in [-0.15, -0.1) is 0 Å². The van der Waals surface area contributed by atoms with Crippen LogP contribution in [0.25, 0.3) is 22.9 Å². The van der Waals surface area contributed by atoms with Crippen LogP contribution in [0.3, 0.4) is 0 Å². The Hall–Kier alpha value is -3.16. The van der Waals surface area contributed by atoms with Crippen LogP contribution in [-0.4, -0.2) is 30.4 Å². The molecular formula is C12H8N2O6. The highest BCUT2D eigenvalue weighted by atomic mass is 16.5. The fraction of sp³-hybridized carbons (Fsp3) is 0. The standard InChI is InChI=1S/C12H8N2O6/c15-7-11(17)19-9(13-7)5-2-1-3-6(4-5)10-14-8(16)12(18)20-10/h1-4,15-18H. The molecule has 0 spiro atoms. The lowest BCUT2D eigenvalue weighted by atomic mass is 10.1. The van der Waals surface area contributed by atoms with E-state index in [2.05, 4.69) is 9.97 Å². The van der Waals surface area contributed by atoms with Crippen LogP contribution >= 0.6 is 0 Å². The Morgan fingerprint density at radius 1 is 0.750 bits per heavy atom. The average molecular weight is 276 g/mol. The van der Waals surface area contributed by atoms with Crippen LogP contribution in [0.1, 0.15) is 0 Å². The van der Waals surface area contributed by atoms with E-state index in [1.807, 2.05) is 0 Å². The van der Waals surface area contributed by atoms with Crippen LogP contribution in [0.4, 0.5) is 0 Å². The third kappa shape index (κ3) is 1.88. The second kappa shape index (κ2) is 4.19. The maximum Gasteiger partial charge on any atom is 0.349 e. The fourth-order valence-electron chi connectivity index (χ4n) is 1.64. The lowest BCUT2D eigenvalue weighted by molar-refractivity contribution is 0.309. The summed E-state index contributed by atoms with van der Waals surface area (Å²) in [7, 11) is 0. The van der Waals surface area contributed by atoms with E-state index in [4.69, 9.17) is 19.0 Å². The largest absolute Gasteiger partial charge is 0.488 e. The van der Waals surface area contributed by atoms with Crippen molar-refractivity contribution in [1.29, 1.82) is 0 Å². The molecule has 0 unspecified atom stereocenters. The molecule has 0 radical (unpaired) electrons. The molecule has 3 rings (SSSR count). The monoisotopic (exact) mass is 276 g/mol. The van der Waals surface area contributed by atoms with Crippen LogP contribution in [0, 0.1) is 0 Å². The number of nitrogens with zero attached hydrogens (tertiary/aromatic N) is 2. The highest BCUT2D eigenvalue weighted by molar-refractivity contribution is 5.65. The van der Waals surface area contributed by atoms with Crippen molar-refractivity contribution in [3.63, 3.8) is 0 Å². The number of benzene rings is 1. The first kappa shape index (κ1) is 11.9. The van der Waals surface area contributed by atoms with Crippen molar-refractivity contribution in [2.45, 2.75) is 0 Å². The molecular weight excluding hydrogens is 268 g/mol. The Kier molecular flexibility index (Phi) is 2.50. The number of rotatable bonds is 2. The van der Waals surface area contributed by atoms with Gasteiger partial charge in [-0.05, 0) is 18.2 Å². The fourth-order valence-corrected chi connectivity index (χ4v) is 1.64. The van der Waals surface area contributed by atoms with E-state index in [9.17, 15) is 10.2 Å². The second-order valence-electron chi connectivity index (χ2n) is 3.88. The predicted octanol–water partition coefficient (Wildman–Crippen LogP) is 1.82. The summed E-state index contributed by atoms with van der Waals surface area (Å²) >= 11 is 0. The minimum absolute atomic E-state index is 0.00171. The molecule has 20 heavy (non-hydrogen) atoms. The van der Waals surface area contributed by atoms with E-state index in [1.54, 1.807) is 18.2 Å². The van der Waals surface area contributed by atoms with E-state index in [0.717, 1.165) is 0 Å². The van der Waals surface area contributed by atoms with E-state index < -0.39 is 23.7 Å². The molecule has 2 aromatic heterocycles. The van der Waals surface area contributed by atoms with Crippen LogP contribution in [0.2, 0.25) is 0 Å². The number of hydrogen-bond donors (Lipinski definition) is 4. The predicted molar refractivity (Wildman–Crippen MR) is 64.1 cm³/mol. The zero-order valence-corrected chi connectivity index (χ0v) is 9.81. The van der Waals surface area contributed by atoms with Crippen LogP contribution in [-0.2, 0) is 0 Å². The lowest BCUT2D eigenvalue weighted by Crippen LogP contribution is -1.81. The van der Waals surface area contributed by atoms with Gasteiger partial charge in [-0.3, -0.25) is 0 Å². The molecule has 2 heterocycles. The smallest absolute Gasteiger partial charge is 0.349 e. The molecule has 0 amide bonds. The Bertz CT molecular complexity index is 676. The summed E-state index contributed by atoms with van der Waals surface area (Å²) in [5.74, 6) is -2.59. The minimum Gasteiger partial charge on any atom is -0.488 e. The van der Waals surface area contributed by atoms with Crippen molar-refractivity contribution >= 4 is 0 Å². The first-order valence-electron chi connectivity index (χ1n) is 5.43. The SMILES string of the molecule is Oc1nc(-c2cccc(-c3nc(O)c(O)o3)c2)oc1O. The molecule has 0 aliphatic heterocycles. The van der Waals surface area contributed by atoms with Crippen molar-refractivity contribution in [3.05, 3.63) is 24.3 Å². The van der Waals surface area contributed by atoms with Crippen LogP contribution in [0.5, 0.6) is 23.7 Å². The Labute approximate surface area is 111 Å². The minimum atomic E-state index is -0.684. The topological polar surface area (TPSA) is 133 Å². The lowest BCUT2D eigenvalue weighted by Gasteiger charge is -1.98. The van der Waals surface area contributed by atoms with Gasteiger partial charge in [0, 0.05) is 11.1 Å². The van der Waals surface area contributed by atoms with Gasteiger partial charge in [-0.1, -0.05) is 6.07 Å². The molecule has 3 aromatic rings. The van der Waals surface area contributed by atoms with Gasteiger partial charge in [-0.2, -0.15) is 9.97 Å². The van der Waals surface area contributed by atoms with E-state index in [-0.39, 0.29) is 11.8 Å². The Balaban J connectivity index is 2.05. The third-order valence-corrected chi connectivity index (χ3v) is 2.54. The van der Waals surface area contributed by atoms with Crippen LogP contribution < -0.4 is 0 Å². The summed E-state index contributed by atoms with van der Waals surface area (Å²) in [4.78, 5) is 7.25. The van der Waals surface area contributed by atoms with Crippen molar-refractivity contribution in [1.82, 2.24) is 9.97 Å². The molecule has 0 saturated carbocycles. The summed E-state index contributed by atoms with van der Waals surface area (Å²) in [5, 5.41) is 36.7. The normalized spacial score (nSPS) is 10.8. The molecule has 1 aromatic carbocycles. The highest BCUT2D eigenvalue weighted by Crippen LogP contribution is 2.34. The van der Waals surface area contributed by atoms with Crippen molar-refractivity contribution in [3.8, 4) is 46.6 Å². The van der Waals surface area contributed by atoms with Gasteiger partial charge >= 0.3 is 11.9 Å².